The van der Waals surface area contributed by atoms with Crippen molar-refractivity contribution in [2.45, 2.75) is 26.2 Å². The van der Waals surface area contributed by atoms with Crippen molar-refractivity contribution in [2.24, 2.45) is 0 Å². The normalized spacial score (nSPS) is 13.3. The maximum atomic E-state index is 6.74. The Kier molecular flexibility index (Phi) is 5.71. The van der Waals surface area contributed by atoms with Crippen LogP contribution in [0.5, 0.6) is 23.0 Å². The highest BCUT2D eigenvalue weighted by Gasteiger charge is 2.40. The molecule has 0 unspecified atom stereocenters. The number of hydrogen-bond acceptors (Lipinski definition) is 3. The van der Waals surface area contributed by atoms with Crippen molar-refractivity contribution in [2.75, 3.05) is 0 Å². The van der Waals surface area contributed by atoms with Gasteiger partial charge < -0.3 is 18.5 Å². The molecule has 5 heteroatoms. The first-order chi connectivity index (χ1) is 24.9. The van der Waals surface area contributed by atoms with Crippen molar-refractivity contribution in [3.63, 3.8) is 0 Å². The Bertz CT molecular complexity index is 2840. The van der Waals surface area contributed by atoms with E-state index < -0.39 is 0 Å². The zero-order valence-corrected chi connectivity index (χ0v) is 28.5. The lowest BCUT2D eigenvalue weighted by molar-refractivity contribution is 0.465. The van der Waals surface area contributed by atoms with E-state index in [-0.39, 0.29) is 12.1 Å². The molecule has 7 aromatic carbocycles. The molecule has 4 heterocycles. The molecule has 2 aliphatic rings. The zero-order valence-electron chi connectivity index (χ0n) is 28.5. The first kappa shape index (κ1) is 28.6. The molecular weight excluding hydrogens is 625 g/mol. The minimum absolute atomic E-state index is 0.0359. The summed E-state index contributed by atoms with van der Waals surface area (Å²) in [6.07, 6.45) is 0. The lowest BCUT2D eigenvalue weighted by Crippen LogP contribution is -2.57. The van der Waals surface area contributed by atoms with Gasteiger partial charge in [-0.1, -0.05) is 93.6 Å². The van der Waals surface area contributed by atoms with Gasteiger partial charge in [0, 0.05) is 27.3 Å². The SMILES string of the molecule is CC(C)(C)c1cc2c(cc1-c1cc3c4c(c1)Oc1ccccc1B4c1ccccc1O3)c1c3oc4ccccc4c3ccc1n2-c1ccccc1. The van der Waals surface area contributed by atoms with Gasteiger partial charge in [-0.3, -0.25) is 0 Å². The molecule has 2 aromatic heterocycles. The predicted molar refractivity (Wildman–Crippen MR) is 210 cm³/mol. The lowest BCUT2D eigenvalue weighted by atomic mass is 9.35. The summed E-state index contributed by atoms with van der Waals surface area (Å²) in [5, 5.41) is 4.50. The number of ether oxygens (including phenoxy) is 2. The van der Waals surface area contributed by atoms with Gasteiger partial charge in [-0.05, 0) is 99.8 Å². The first-order valence-electron chi connectivity index (χ1n) is 17.6. The van der Waals surface area contributed by atoms with Crippen molar-refractivity contribution in [1.82, 2.24) is 4.57 Å². The van der Waals surface area contributed by atoms with Gasteiger partial charge in [0.05, 0.1) is 16.4 Å². The second-order valence-electron chi connectivity index (χ2n) is 14.9. The Morgan fingerprint density at radius 1 is 0.549 bits per heavy atom. The molecular formula is C46H32BNO3. The highest BCUT2D eigenvalue weighted by atomic mass is 16.5. The van der Waals surface area contributed by atoms with Crippen LogP contribution in [0.1, 0.15) is 26.3 Å². The first-order valence-corrected chi connectivity index (χ1v) is 17.6. The average Bonchev–Trinajstić information content (AvgIpc) is 3.69. The summed E-state index contributed by atoms with van der Waals surface area (Å²) in [4.78, 5) is 0. The maximum absolute atomic E-state index is 6.74. The highest BCUT2D eigenvalue weighted by Crippen LogP contribution is 2.46. The second-order valence-corrected chi connectivity index (χ2v) is 14.9. The summed E-state index contributed by atoms with van der Waals surface area (Å²) < 4.78 is 22.6. The van der Waals surface area contributed by atoms with Crippen molar-refractivity contribution >= 4 is 66.8 Å². The van der Waals surface area contributed by atoms with Crippen LogP contribution in [0.15, 0.2) is 144 Å². The summed E-state index contributed by atoms with van der Waals surface area (Å²) in [5.41, 5.74) is 11.9. The molecule has 0 bridgehead atoms. The van der Waals surface area contributed by atoms with Gasteiger partial charge in [0.2, 0.25) is 0 Å². The summed E-state index contributed by atoms with van der Waals surface area (Å²) in [5.74, 6) is 3.46. The predicted octanol–water partition coefficient (Wildman–Crippen LogP) is 10.4. The molecule has 9 aromatic rings. The third-order valence-corrected chi connectivity index (χ3v) is 10.8. The fourth-order valence-electron chi connectivity index (χ4n) is 8.59. The molecule has 4 nitrogen and oxygen atoms in total. The molecule has 0 fully saturated rings. The third kappa shape index (κ3) is 4.03. The monoisotopic (exact) mass is 657 g/mol. The van der Waals surface area contributed by atoms with E-state index >= 15 is 0 Å². The van der Waals surface area contributed by atoms with Crippen LogP contribution >= 0.6 is 0 Å². The number of rotatable bonds is 2. The quantitative estimate of drug-likeness (QED) is 0.174. The topological polar surface area (TPSA) is 36.5 Å². The Balaban J connectivity index is 1.24. The van der Waals surface area contributed by atoms with Crippen LogP contribution in [-0.4, -0.2) is 11.3 Å². The van der Waals surface area contributed by atoms with E-state index in [1.807, 2.05) is 18.2 Å². The van der Waals surface area contributed by atoms with Crippen molar-refractivity contribution in [3.05, 3.63) is 145 Å². The molecule has 0 aliphatic carbocycles. The molecule has 242 valence electrons. The summed E-state index contributed by atoms with van der Waals surface area (Å²) in [6, 6.07) is 49.4. The summed E-state index contributed by atoms with van der Waals surface area (Å²) >= 11 is 0. The molecule has 0 saturated heterocycles. The fraction of sp³-hybridized carbons (Fsp3) is 0.0870. The molecule has 0 radical (unpaired) electrons. The van der Waals surface area contributed by atoms with Crippen molar-refractivity contribution in [3.8, 4) is 39.8 Å². The van der Waals surface area contributed by atoms with E-state index in [0.29, 0.717) is 0 Å². The zero-order chi connectivity index (χ0) is 34.0. The standard InChI is InChI=1S/C46H32BNO3/c1-46(2,3)33-26-37-32(43-36(48(37)28-13-5-4-6-14-28)22-21-30-29-15-7-10-18-38(29)51-45(30)43)25-31(33)27-23-41-44-42(24-27)50-40-20-12-9-17-35(40)47(44)34-16-8-11-19-39(34)49-41/h4-26H,1-3H3. The van der Waals surface area contributed by atoms with Gasteiger partial charge in [-0.25, -0.2) is 0 Å². The van der Waals surface area contributed by atoms with Crippen molar-refractivity contribution < 1.29 is 13.9 Å². The number of aromatic nitrogens is 1. The van der Waals surface area contributed by atoms with Crippen molar-refractivity contribution in [1.29, 1.82) is 0 Å². The molecule has 51 heavy (non-hydrogen) atoms. The van der Waals surface area contributed by atoms with E-state index in [0.717, 1.165) is 99.9 Å². The van der Waals surface area contributed by atoms with Crippen LogP contribution in [0.4, 0.5) is 0 Å². The van der Waals surface area contributed by atoms with Gasteiger partial charge in [0.15, 0.2) is 0 Å². The number of hydrogen-bond donors (Lipinski definition) is 0. The Labute approximate surface area is 295 Å². The maximum Gasteiger partial charge on any atom is 0.260 e. The smallest absolute Gasteiger partial charge is 0.260 e. The van der Waals surface area contributed by atoms with Crippen LogP contribution < -0.4 is 25.9 Å². The summed E-state index contributed by atoms with van der Waals surface area (Å²) in [7, 11) is 0. The van der Waals surface area contributed by atoms with Gasteiger partial charge >= 0.3 is 0 Å². The number of para-hydroxylation sites is 4. The molecule has 11 rings (SSSR count). The third-order valence-electron chi connectivity index (χ3n) is 10.8. The Morgan fingerprint density at radius 3 is 1.90 bits per heavy atom. The van der Waals surface area contributed by atoms with Crippen LogP contribution in [-0.2, 0) is 5.41 Å². The minimum Gasteiger partial charge on any atom is -0.458 e. The van der Waals surface area contributed by atoms with E-state index in [1.165, 1.54) is 5.56 Å². The molecule has 0 saturated carbocycles. The fourth-order valence-corrected chi connectivity index (χ4v) is 8.59. The number of nitrogens with zero attached hydrogens (tertiary/aromatic N) is 1. The largest absolute Gasteiger partial charge is 0.458 e. The van der Waals surface area contributed by atoms with Crippen LogP contribution in [0.3, 0.4) is 0 Å². The number of fused-ring (bicyclic) bond motifs is 11. The van der Waals surface area contributed by atoms with Gasteiger partial charge in [-0.2, -0.15) is 0 Å². The molecule has 0 N–H and O–H groups in total. The summed E-state index contributed by atoms with van der Waals surface area (Å²) in [6.45, 7) is 6.92. The van der Waals surface area contributed by atoms with Crippen LogP contribution in [0.2, 0.25) is 0 Å². The van der Waals surface area contributed by atoms with Gasteiger partial charge in [-0.15, -0.1) is 0 Å². The van der Waals surface area contributed by atoms with E-state index in [2.05, 4.69) is 147 Å². The number of furan rings is 1. The molecule has 0 amide bonds. The minimum atomic E-state index is -0.174. The van der Waals surface area contributed by atoms with Crippen LogP contribution in [0, 0.1) is 0 Å². The molecule has 2 aliphatic heterocycles. The van der Waals surface area contributed by atoms with Gasteiger partial charge in [0.1, 0.15) is 34.2 Å². The average molecular weight is 658 g/mol. The Hall–Kier alpha value is -6.20. The second kappa shape index (κ2) is 10.2. The lowest BCUT2D eigenvalue weighted by Gasteiger charge is -2.33. The molecule has 0 spiro atoms. The van der Waals surface area contributed by atoms with Crippen LogP contribution in [0.25, 0.3) is 60.6 Å². The van der Waals surface area contributed by atoms with E-state index in [1.54, 1.807) is 0 Å². The van der Waals surface area contributed by atoms with E-state index in [4.69, 9.17) is 13.9 Å². The number of benzene rings is 7. The Morgan fingerprint density at radius 2 is 1.20 bits per heavy atom. The highest BCUT2D eigenvalue weighted by molar-refractivity contribution is 6.98. The molecule has 0 atom stereocenters. The van der Waals surface area contributed by atoms with E-state index in [9.17, 15) is 0 Å². The van der Waals surface area contributed by atoms with Gasteiger partial charge in [0.25, 0.3) is 6.71 Å².